The molecule has 0 spiro atoms. The van der Waals surface area contributed by atoms with Crippen LogP contribution in [0.15, 0.2) is 35.1 Å². The fourth-order valence-electron chi connectivity index (χ4n) is 5.29. The summed E-state index contributed by atoms with van der Waals surface area (Å²) in [6, 6.07) is 1.92. The molecule has 0 aromatic rings. The van der Waals surface area contributed by atoms with Crippen LogP contribution >= 0.6 is 0 Å². The molecule has 5 heteroatoms. The molecule has 3 rings (SSSR count). The van der Waals surface area contributed by atoms with Gasteiger partial charge in [-0.1, -0.05) is 39.8 Å². The lowest BCUT2D eigenvalue weighted by Gasteiger charge is -2.59. The summed E-state index contributed by atoms with van der Waals surface area (Å²) < 4.78 is 0. The standard InChI is InChI=1S/C20H20N2O3/c1-18(2)16-14(24)9-19(3)7-11(10-21)13(23)6-15(19)20(16,4)8-12(22-5)17(18)25/h6-8,14,16,24H,9H2,1-4H3/t14-,16-,19+,20+/m0/s1. The highest BCUT2D eigenvalue weighted by molar-refractivity contribution is 6.09. The van der Waals surface area contributed by atoms with E-state index in [1.54, 1.807) is 26.0 Å². The summed E-state index contributed by atoms with van der Waals surface area (Å²) in [5.41, 5.74) is -1.51. The van der Waals surface area contributed by atoms with Gasteiger partial charge in [0.2, 0.25) is 5.70 Å². The van der Waals surface area contributed by atoms with E-state index >= 15 is 0 Å². The topological polar surface area (TPSA) is 82.5 Å². The number of aliphatic hydroxyl groups excluding tert-OH is 1. The first kappa shape index (κ1) is 17.3. The highest BCUT2D eigenvalue weighted by Gasteiger charge is 2.61. The molecule has 0 aromatic carbocycles. The zero-order valence-electron chi connectivity index (χ0n) is 14.8. The number of hydrogen-bond donors (Lipinski definition) is 1. The van der Waals surface area contributed by atoms with E-state index in [4.69, 9.17) is 6.57 Å². The van der Waals surface area contributed by atoms with Gasteiger partial charge in [-0.15, -0.1) is 0 Å². The molecule has 4 atom stereocenters. The predicted molar refractivity (Wildman–Crippen MR) is 90.6 cm³/mol. The number of carbonyl (C=O) groups excluding carboxylic acids is 2. The lowest BCUT2D eigenvalue weighted by atomic mass is 9.45. The lowest BCUT2D eigenvalue weighted by molar-refractivity contribution is -0.138. The van der Waals surface area contributed by atoms with Crippen LogP contribution < -0.4 is 0 Å². The van der Waals surface area contributed by atoms with Crippen molar-refractivity contribution in [2.45, 2.75) is 40.2 Å². The largest absolute Gasteiger partial charge is 0.393 e. The second-order valence-electron chi connectivity index (χ2n) is 8.23. The van der Waals surface area contributed by atoms with Crippen molar-refractivity contribution in [3.63, 3.8) is 0 Å². The number of rotatable bonds is 0. The van der Waals surface area contributed by atoms with Gasteiger partial charge in [0.1, 0.15) is 6.07 Å². The number of nitriles is 1. The molecule has 1 fully saturated rings. The van der Waals surface area contributed by atoms with Gasteiger partial charge in [0.15, 0.2) is 11.6 Å². The molecule has 3 aliphatic carbocycles. The SMILES string of the molecule is [C-]#[N+]C1=C[C@]2(C)C3=CC(=O)C(C#N)=C[C@]3(C)C[C@H](O)[C@H]2C(C)(C)C1=O. The van der Waals surface area contributed by atoms with E-state index in [9.17, 15) is 20.0 Å². The lowest BCUT2D eigenvalue weighted by Crippen LogP contribution is -2.58. The Morgan fingerprint density at radius 3 is 2.48 bits per heavy atom. The maximum absolute atomic E-state index is 12.7. The van der Waals surface area contributed by atoms with Gasteiger partial charge in [-0.25, -0.2) is 4.85 Å². The van der Waals surface area contributed by atoms with Crippen LogP contribution in [-0.2, 0) is 9.59 Å². The monoisotopic (exact) mass is 336 g/mol. The van der Waals surface area contributed by atoms with E-state index in [0.29, 0.717) is 6.42 Å². The van der Waals surface area contributed by atoms with Crippen molar-refractivity contribution in [1.82, 2.24) is 0 Å². The van der Waals surface area contributed by atoms with Gasteiger partial charge in [0.25, 0.3) is 0 Å². The normalized spacial score (nSPS) is 39.1. The van der Waals surface area contributed by atoms with Crippen molar-refractivity contribution in [2.24, 2.45) is 22.2 Å². The molecular weight excluding hydrogens is 316 g/mol. The van der Waals surface area contributed by atoms with Crippen molar-refractivity contribution in [2.75, 3.05) is 0 Å². The maximum Gasteiger partial charge on any atom is 0.226 e. The van der Waals surface area contributed by atoms with Crippen LogP contribution in [-0.4, -0.2) is 22.8 Å². The van der Waals surface area contributed by atoms with E-state index in [-0.39, 0.29) is 22.8 Å². The number of Topliss-reactive ketones (excluding diaryl/α,β-unsaturated/α-hetero) is 1. The molecule has 25 heavy (non-hydrogen) atoms. The Bertz CT molecular complexity index is 878. The summed E-state index contributed by atoms with van der Waals surface area (Å²) in [6.07, 6.45) is 4.25. The molecule has 5 nitrogen and oxygen atoms in total. The number of nitrogens with zero attached hydrogens (tertiary/aromatic N) is 2. The van der Waals surface area contributed by atoms with E-state index in [0.717, 1.165) is 5.57 Å². The average Bonchev–Trinajstić information content (AvgIpc) is 2.51. The van der Waals surface area contributed by atoms with Gasteiger partial charge in [-0.05, 0) is 18.1 Å². The number of fused-ring (bicyclic) bond motifs is 3. The fourth-order valence-corrected chi connectivity index (χ4v) is 5.29. The molecule has 1 N–H and O–H groups in total. The van der Waals surface area contributed by atoms with Gasteiger partial charge >= 0.3 is 0 Å². The summed E-state index contributed by atoms with van der Waals surface area (Å²) in [4.78, 5) is 28.4. The minimum atomic E-state index is -0.923. The molecule has 0 radical (unpaired) electrons. The summed E-state index contributed by atoms with van der Waals surface area (Å²) >= 11 is 0. The third-order valence-electron chi connectivity index (χ3n) is 6.14. The van der Waals surface area contributed by atoms with Crippen LogP contribution in [0.2, 0.25) is 0 Å². The third kappa shape index (κ3) is 2.09. The van der Waals surface area contributed by atoms with Crippen molar-refractivity contribution in [1.29, 1.82) is 5.26 Å². The third-order valence-corrected chi connectivity index (χ3v) is 6.14. The molecule has 0 aromatic heterocycles. The highest BCUT2D eigenvalue weighted by atomic mass is 16.3. The predicted octanol–water partition coefficient (Wildman–Crippen LogP) is 2.75. The van der Waals surface area contributed by atoms with E-state index in [1.165, 1.54) is 6.08 Å². The minimum absolute atomic E-state index is 0.0450. The second kappa shape index (κ2) is 5.00. The van der Waals surface area contributed by atoms with E-state index in [1.807, 2.05) is 19.9 Å². The summed E-state index contributed by atoms with van der Waals surface area (Å²) in [6.45, 7) is 14.6. The zero-order chi connectivity index (χ0) is 18.8. The van der Waals surface area contributed by atoms with Crippen molar-refractivity contribution >= 4 is 11.6 Å². The molecular formula is C20H20N2O3. The number of hydrogen-bond acceptors (Lipinski definition) is 4. The Balaban J connectivity index is 2.31. The minimum Gasteiger partial charge on any atom is -0.393 e. The average molecular weight is 336 g/mol. The quantitative estimate of drug-likeness (QED) is 0.690. The Labute approximate surface area is 147 Å². The van der Waals surface area contributed by atoms with Crippen LogP contribution in [0.1, 0.15) is 34.1 Å². The van der Waals surface area contributed by atoms with Crippen molar-refractivity contribution < 1.29 is 14.7 Å². The molecule has 0 bridgehead atoms. The number of ketones is 2. The van der Waals surface area contributed by atoms with Crippen LogP contribution in [0.3, 0.4) is 0 Å². The van der Waals surface area contributed by atoms with E-state index < -0.39 is 28.3 Å². The molecule has 0 aliphatic heterocycles. The molecule has 3 aliphatic rings. The number of aliphatic hydroxyl groups is 1. The van der Waals surface area contributed by atoms with Gasteiger partial charge < -0.3 is 9.90 Å². The van der Waals surface area contributed by atoms with Gasteiger partial charge in [-0.3, -0.25) is 4.79 Å². The van der Waals surface area contributed by atoms with Crippen LogP contribution in [0, 0.1) is 40.1 Å². The van der Waals surface area contributed by atoms with E-state index in [2.05, 4.69) is 4.85 Å². The molecule has 128 valence electrons. The first-order valence-corrected chi connectivity index (χ1v) is 8.24. The van der Waals surface area contributed by atoms with Crippen molar-refractivity contribution in [3.8, 4) is 6.07 Å². The fraction of sp³-hybridized carbons (Fsp3) is 0.500. The maximum atomic E-state index is 12.7. The Kier molecular flexibility index (Phi) is 3.47. The van der Waals surface area contributed by atoms with Gasteiger partial charge in [0.05, 0.1) is 18.2 Å². The van der Waals surface area contributed by atoms with Crippen LogP contribution in [0.4, 0.5) is 0 Å². The number of allylic oxidation sites excluding steroid dienone is 6. The van der Waals surface area contributed by atoms with Gasteiger partial charge in [-0.2, -0.15) is 5.26 Å². The van der Waals surface area contributed by atoms with Gasteiger partial charge in [0, 0.05) is 22.2 Å². The second-order valence-corrected chi connectivity index (χ2v) is 8.23. The molecule has 0 heterocycles. The first-order chi connectivity index (χ1) is 11.5. The summed E-state index contributed by atoms with van der Waals surface area (Å²) in [7, 11) is 0. The Hall–Kier alpha value is -2.50. The highest BCUT2D eigenvalue weighted by Crippen LogP contribution is 2.63. The summed E-state index contributed by atoms with van der Waals surface area (Å²) in [5.74, 6) is -1.08. The first-order valence-electron chi connectivity index (χ1n) is 8.24. The Morgan fingerprint density at radius 1 is 1.28 bits per heavy atom. The number of carbonyl (C=O) groups is 2. The molecule has 0 saturated heterocycles. The van der Waals surface area contributed by atoms with Crippen LogP contribution in [0.5, 0.6) is 0 Å². The smallest absolute Gasteiger partial charge is 0.226 e. The van der Waals surface area contributed by atoms with Crippen LogP contribution in [0.25, 0.3) is 4.85 Å². The molecule has 0 unspecified atom stereocenters. The molecule has 0 amide bonds. The summed E-state index contributed by atoms with van der Waals surface area (Å²) in [5, 5.41) is 20.1. The molecule has 1 saturated carbocycles. The zero-order valence-corrected chi connectivity index (χ0v) is 14.8. The van der Waals surface area contributed by atoms with Crippen molar-refractivity contribution in [3.05, 3.63) is 46.5 Å². The Morgan fingerprint density at radius 2 is 1.92 bits per heavy atom.